The minimum atomic E-state index is -4.54. The number of hydrogen-bond acceptors (Lipinski definition) is 25. The van der Waals surface area contributed by atoms with Crippen LogP contribution in [0.15, 0.2) is 34.4 Å². The van der Waals surface area contributed by atoms with E-state index in [1.165, 1.54) is 15.5 Å². The van der Waals surface area contributed by atoms with Gasteiger partial charge in [0.25, 0.3) is 22.9 Å². The molecule has 4 amide bonds. The van der Waals surface area contributed by atoms with Crippen LogP contribution in [0.1, 0.15) is 25.3 Å². The highest BCUT2D eigenvalue weighted by molar-refractivity contribution is 8.44. The first kappa shape index (κ1) is 55.1. The summed E-state index contributed by atoms with van der Waals surface area (Å²) in [5.41, 5.74) is 9.80. The van der Waals surface area contributed by atoms with E-state index in [9.17, 15) is 43.0 Å². The molecule has 32 nitrogen and oxygen atoms in total. The number of nitrogens with two attached hydrogens (primary N) is 2. The van der Waals surface area contributed by atoms with Crippen molar-refractivity contribution in [2.75, 3.05) is 90.6 Å². The lowest BCUT2D eigenvalue weighted by molar-refractivity contribution is -0.137. The zero-order valence-electron chi connectivity index (χ0n) is 38.7. The summed E-state index contributed by atoms with van der Waals surface area (Å²) >= 11 is 8.36. The molecule has 36 heteroatoms. The molecule has 4 aliphatic heterocycles. The van der Waals surface area contributed by atoms with Crippen LogP contribution >= 0.6 is 38.1 Å². The van der Waals surface area contributed by atoms with Gasteiger partial charge in [0.05, 0.1) is 78.7 Å². The van der Waals surface area contributed by atoms with Gasteiger partial charge in [-0.25, -0.2) is 19.1 Å². The number of amides is 4. The number of aromatic nitrogens is 8. The third-order valence-corrected chi connectivity index (χ3v) is 14.6. The quantitative estimate of drug-likeness (QED) is 0.0186. The van der Waals surface area contributed by atoms with E-state index in [4.69, 9.17) is 58.0 Å². The van der Waals surface area contributed by atoms with Crippen molar-refractivity contribution >= 4 is 95.9 Å². The average Bonchev–Trinajstić information content (AvgIpc) is 4.16. The Morgan fingerprint density at radius 1 is 0.716 bits per heavy atom. The Kier molecular flexibility index (Phi) is 18.0. The van der Waals surface area contributed by atoms with E-state index in [1.54, 1.807) is 0 Å². The molecule has 9 N–H and O–H groups in total. The van der Waals surface area contributed by atoms with E-state index in [0.29, 0.717) is 0 Å². The number of aromatic amines is 2. The van der Waals surface area contributed by atoms with Crippen molar-refractivity contribution in [3.63, 3.8) is 0 Å². The molecule has 10 atom stereocenters. The van der Waals surface area contributed by atoms with E-state index >= 15 is 0 Å². The standard InChI is InChI=1S/C38H51N13O19P2S2/c39-37-45-31-26(33(57)47-37)42-17-50(31)35-25(44-22(53)4-7-61-9-11-63-13-14-64-12-10-62-8-5-41-21(52)3-6-49-23(54)1-2-24(49)55)29-19(67-35)15-65-72(60,74)70-30-20(16-66-71(59,73)69-29)68-36(28(30)56)51-18-43-27-32(51)46-38(40)48-34(27)58/h1-2,17-20,25,28-30,35-36,56H,3-16H2,(H,41,52)(H,44,53)(H,59,73)(H,60,74)(H3,39,45,47,57)(H3,40,46,48,58)/t19-,20-,25+,28+,29?,30?,35-,36-,71?,72?/m1/s1. The molecule has 0 spiro atoms. The summed E-state index contributed by atoms with van der Waals surface area (Å²) < 4.78 is 88.0. The predicted octanol–water partition coefficient (Wildman–Crippen LogP) is -2.16. The number of thiol groups is 2. The number of rotatable bonds is 21. The van der Waals surface area contributed by atoms with E-state index in [2.05, 4.69) is 65.0 Å². The van der Waals surface area contributed by atoms with Crippen molar-refractivity contribution in [1.82, 2.24) is 54.6 Å². The molecule has 0 aromatic carbocycles. The second-order valence-electron chi connectivity index (χ2n) is 16.4. The molecule has 0 bridgehead atoms. The summed E-state index contributed by atoms with van der Waals surface area (Å²) in [6, 6.07) is -1.33. The van der Waals surface area contributed by atoms with Gasteiger partial charge in [0, 0.05) is 38.1 Å². The summed E-state index contributed by atoms with van der Waals surface area (Å²) in [7, 11) is 0. The molecule has 0 radical (unpaired) electrons. The van der Waals surface area contributed by atoms with Gasteiger partial charge in [-0.3, -0.25) is 70.9 Å². The Balaban J connectivity index is 0.827. The molecule has 404 valence electrons. The fraction of sp³-hybridized carbons (Fsp3) is 0.579. The molecule has 4 aliphatic rings. The van der Waals surface area contributed by atoms with Gasteiger partial charge in [-0.2, -0.15) is 9.97 Å². The topological polar surface area (TPSA) is 421 Å². The van der Waals surface area contributed by atoms with Gasteiger partial charge in [0.1, 0.15) is 36.6 Å². The summed E-state index contributed by atoms with van der Waals surface area (Å²) in [5, 5.41) is 16.9. The van der Waals surface area contributed by atoms with Crippen LogP contribution in [0.25, 0.3) is 22.3 Å². The van der Waals surface area contributed by atoms with E-state index in [0.717, 1.165) is 23.4 Å². The first-order valence-corrected chi connectivity index (χ1v) is 27.9. The number of imidazole rings is 2. The molecule has 74 heavy (non-hydrogen) atoms. The number of anilines is 2. The summed E-state index contributed by atoms with van der Waals surface area (Å²) in [5.74, 6) is -2.38. The molecule has 0 aliphatic carbocycles. The highest BCUT2D eigenvalue weighted by Gasteiger charge is 2.54. The van der Waals surface area contributed by atoms with Crippen LogP contribution in [-0.4, -0.2) is 188 Å². The van der Waals surface area contributed by atoms with Gasteiger partial charge < -0.3 is 55.6 Å². The van der Waals surface area contributed by atoms with Crippen LogP contribution in [0.3, 0.4) is 0 Å². The third kappa shape index (κ3) is 13.4. The summed E-state index contributed by atoms with van der Waals surface area (Å²) in [6.07, 6.45) is -5.85. The van der Waals surface area contributed by atoms with Gasteiger partial charge in [-0.05, 0) is 0 Å². The number of aliphatic hydroxyl groups is 1. The van der Waals surface area contributed by atoms with Crippen LogP contribution < -0.4 is 33.2 Å². The Bertz CT molecular complexity index is 2940. The molecule has 3 fully saturated rings. The van der Waals surface area contributed by atoms with Crippen LogP contribution in [0.5, 0.6) is 0 Å². The lowest BCUT2D eigenvalue weighted by Gasteiger charge is -2.30. The lowest BCUT2D eigenvalue weighted by Crippen LogP contribution is -2.48. The number of nitrogens with zero attached hydrogens (tertiary/aromatic N) is 7. The van der Waals surface area contributed by atoms with Crippen LogP contribution in [-0.2, 0) is 74.8 Å². The smallest absolute Gasteiger partial charge is 0.386 e. The third-order valence-electron chi connectivity index (χ3n) is 11.4. The first-order valence-electron chi connectivity index (χ1n) is 22.5. The number of hydrogen-bond donors (Lipinski definition) is 9. The summed E-state index contributed by atoms with van der Waals surface area (Å²) in [6.45, 7) is -8.79. The number of imide groups is 1. The normalized spacial score (nSPS) is 28.3. The highest BCUT2D eigenvalue weighted by atomic mass is 32.7. The average molecular weight is 1120 g/mol. The van der Waals surface area contributed by atoms with Crippen LogP contribution in [0.4, 0.5) is 11.9 Å². The number of aliphatic hydroxyl groups excluding tert-OH is 1. The molecule has 8 rings (SSSR count). The summed E-state index contributed by atoms with van der Waals surface area (Å²) in [4.78, 5) is 96.0. The molecule has 0 saturated carbocycles. The van der Waals surface area contributed by atoms with Crippen molar-refractivity contribution in [3.05, 3.63) is 45.5 Å². The number of nitrogens with one attached hydrogen (secondary N) is 4. The number of carbonyl (C=O) groups excluding carboxylic acids is 4. The minimum Gasteiger partial charge on any atom is -0.386 e. The molecule has 4 aromatic rings. The fourth-order valence-electron chi connectivity index (χ4n) is 7.97. The van der Waals surface area contributed by atoms with E-state index in [-0.39, 0.29) is 119 Å². The van der Waals surface area contributed by atoms with Gasteiger partial charge in [-0.15, -0.1) is 0 Å². The van der Waals surface area contributed by atoms with Gasteiger partial charge >= 0.3 is 13.6 Å². The van der Waals surface area contributed by atoms with E-state index < -0.39 is 105 Å². The SMILES string of the molecule is Nc1nc2c(ncn2[C@@H]2O[C@@H]3COP(=O)(S)OC4[C@@H](COP(=O)(S)OC3[C@@H]2O)O[C@@H](n2cnc3c(=O)[nH]c(N)nc32)[C@H]4NC(=O)CCOCCOCCOCCOCCNC(=O)CCN2C(=O)C=CC2=O)c(=O)[nH]1. The molecule has 8 heterocycles. The maximum atomic E-state index is 14.1. The number of carbonyl (C=O) groups is 4. The monoisotopic (exact) mass is 1120 g/mol. The molecule has 3 saturated heterocycles. The van der Waals surface area contributed by atoms with Crippen molar-refractivity contribution in [2.24, 2.45) is 0 Å². The van der Waals surface area contributed by atoms with Crippen molar-refractivity contribution < 1.29 is 79.9 Å². The number of H-pyrrole nitrogens is 2. The zero-order chi connectivity index (χ0) is 52.7. The van der Waals surface area contributed by atoms with Crippen molar-refractivity contribution in [1.29, 1.82) is 0 Å². The molecular formula is C38H51N13O19P2S2. The fourth-order valence-corrected chi connectivity index (χ4v) is 11.0. The maximum Gasteiger partial charge on any atom is 0.386 e. The minimum absolute atomic E-state index is 0.00769. The Morgan fingerprint density at radius 3 is 1.77 bits per heavy atom. The molecule has 4 aromatic heterocycles. The Hall–Kier alpha value is -5.16. The first-order chi connectivity index (χ1) is 35.4. The number of fused-ring (bicyclic) bond motifs is 4. The Morgan fingerprint density at radius 2 is 1.20 bits per heavy atom. The zero-order valence-corrected chi connectivity index (χ0v) is 42.3. The maximum absolute atomic E-state index is 14.1. The molecular weight excluding hydrogens is 1070 g/mol. The van der Waals surface area contributed by atoms with Gasteiger partial charge in [-0.1, -0.05) is 24.5 Å². The second-order valence-corrected chi connectivity index (χ2v) is 22.1. The van der Waals surface area contributed by atoms with Gasteiger partial charge in [0.2, 0.25) is 23.7 Å². The van der Waals surface area contributed by atoms with Crippen molar-refractivity contribution in [3.8, 4) is 0 Å². The second kappa shape index (κ2) is 24.2. The molecule has 4 unspecified atom stereocenters. The lowest BCUT2D eigenvalue weighted by atomic mass is 10.1. The van der Waals surface area contributed by atoms with Crippen LogP contribution in [0.2, 0.25) is 0 Å². The number of ether oxygens (including phenoxy) is 6. The van der Waals surface area contributed by atoms with Gasteiger partial charge in [0.15, 0.2) is 34.8 Å². The van der Waals surface area contributed by atoms with E-state index in [1.807, 2.05) is 0 Å². The largest absolute Gasteiger partial charge is 0.386 e. The van der Waals surface area contributed by atoms with Crippen LogP contribution in [0, 0.1) is 0 Å². The van der Waals surface area contributed by atoms with Crippen molar-refractivity contribution in [2.45, 2.75) is 61.9 Å². The number of nitrogen functional groups attached to an aromatic ring is 2. The Labute approximate surface area is 427 Å². The predicted molar refractivity (Wildman–Crippen MR) is 257 cm³/mol. The highest BCUT2D eigenvalue weighted by Crippen LogP contribution is 2.60.